The lowest BCUT2D eigenvalue weighted by atomic mass is 10.1. The number of rotatable bonds is 8. The van der Waals surface area contributed by atoms with E-state index in [9.17, 15) is 0 Å². The number of methoxy groups -OCH3 is 1. The van der Waals surface area contributed by atoms with Crippen LogP contribution in [0.3, 0.4) is 0 Å². The minimum atomic E-state index is 0.647. The lowest BCUT2D eigenvalue weighted by Crippen LogP contribution is -2.39. The molecule has 0 saturated heterocycles. The summed E-state index contributed by atoms with van der Waals surface area (Å²) >= 11 is 0. The first kappa shape index (κ1) is 17.5. The molecule has 0 unspecified atom stereocenters. The normalized spacial score (nSPS) is 11.5. The van der Waals surface area contributed by atoms with Crippen molar-refractivity contribution in [2.45, 2.75) is 39.8 Å². The average molecular weight is 291 g/mol. The molecular weight excluding hydrogens is 262 g/mol. The van der Waals surface area contributed by atoms with Gasteiger partial charge in [-0.25, -0.2) is 4.99 Å². The van der Waals surface area contributed by atoms with Gasteiger partial charge >= 0.3 is 0 Å². The summed E-state index contributed by atoms with van der Waals surface area (Å²) in [5.41, 5.74) is 2.40. The molecule has 1 rings (SSSR count). The maximum atomic E-state index is 5.17. The van der Waals surface area contributed by atoms with E-state index in [0.29, 0.717) is 13.2 Å². The third-order valence-corrected chi connectivity index (χ3v) is 3.26. The molecule has 0 aromatic heterocycles. The van der Waals surface area contributed by atoms with E-state index in [4.69, 9.17) is 9.73 Å². The molecule has 4 heteroatoms. The second kappa shape index (κ2) is 10.2. The Hall–Kier alpha value is -1.55. The van der Waals surface area contributed by atoms with E-state index in [1.54, 1.807) is 7.11 Å². The van der Waals surface area contributed by atoms with Crippen LogP contribution in [0.4, 0.5) is 0 Å². The second-order valence-corrected chi connectivity index (χ2v) is 5.20. The van der Waals surface area contributed by atoms with Crippen molar-refractivity contribution in [1.29, 1.82) is 0 Å². The van der Waals surface area contributed by atoms with E-state index in [-0.39, 0.29) is 0 Å². The van der Waals surface area contributed by atoms with Gasteiger partial charge < -0.3 is 15.0 Å². The number of unbranched alkanes of at least 4 members (excludes halogenated alkanes) is 1. The lowest BCUT2D eigenvalue weighted by Gasteiger charge is -2.21. The molecule has 0 spiro atoms. The topological polar surface area (TPSA) is 36.9 Å². The maximum absolute atomic E-state index is 5.17. The van der Waals surface area contributed by atoms with Gasteiger partial charge in [-0.3, -0.25) is 0 Å². The number of nitrogens with one attached hydrogen (secondary N) is 1. The molecule has 1 aromatic rings. The van der Waals surface area contributed by atoms with Crippen molar-refractivity contribution in [2.75, 3.05) is 27.2 Å². The van der Waals surface area contributed by atoms with E-state index in [1.165, 1.54) is 24.0 Å². The van der Waals surface area contributed by atoms with Gasteiger partial charge in [0.15, 0.2) is 5.96 Å². The van der Waals surface area contributed by atoms with Crippen molar-refractivity contribution in [1.82, 2.24) is 10.2 Å². The molecule has 0 atom stereocenters. The Morgan fingerprint density at radius 3 is 2.71 bits per heavy atom. The summed E-state index contributed by atoms with van der Waals surface area (Å²) < 4.78 is 5.17. The van der Waals surface area contributed by atoms with Gasteiger partial charge in [0.25, 0.3) is 0 Å². The minimum absolute atomic E-state index is 0.647. The Bertz CT molecular complexity index is 432. The quantitative estimate of drug-likeness (QED) is 0.591. The van der Waals surface area contributed by atoms with Crippen LogP contribution in [0.5, 0.6) is 0 Å². The van der Waals surface area contributed by atoms with Crippen molar-refractivity contribution in [2.24, 2.45) is 4.99 Å². The highest BCUT2D eigenvalue weighted by Crippen LogP contribution is 2.08. The third-order valence-electron chi connectivity index (χ3n) is 3.26. The Kier molecular flexibility index (Phi) is 8.51. The van der Waals surface area contributed by atoms with Gasteiger partial charge in [0.05, 0.1) is 13.2 Å². The molecule has 0 aliphatic carbocycles. The Balaban J connectivity index is 2.70. The number of hydrogen-bond acceptors (Lipinski definition) is 2. The average Bonchev–Trinajstić information content (AvgIpc) is 2.49. The molecule has 0 amide bonds. The lowest BCUT2D eigenvalue weighted by molar-refractivity contribution is 0.185. The van der Waals surface area contributed by atoms with Crippen molar-refractivity contribution in [3.63, 3.8) is 0 Å². The fraction of sp³-hybridized carbons (Fsp3) is 0.588. The molecule has 4 nitrogen and oxygen atoms in total. The number of guanidine groups is 1. The highest BCUT2D eigenvalue weighted by atomic mass is 16.5. The highest BCUT2D eigenvalue weighted by Gasteiger charge is 2.04. The summed E-state index contributed by atoms with van der Waals surface area (Å²) in [7, 11) is 3.81. The molecule has 118 valence electrons. The van der Waals surface area contributed by atoms with Gasteiger partial charge in [0.2, 0.25) is 0 Å². The molecule has 0 saturated carbocycles. The third kappa shape index (κ3) is 6.63. The molecule has 0 heterocycles. The van der Waals surface area contributed by atoms with Crippen molar-refractivity contribution < 1.29 is 4.74 Å². The number of nitrogens with zero attached hydrogens (tertiary/aromatic N) is 2. The molecule has 0 bridgehead atoms. The van der Waals surface area contributed by atoms with Crippen LogP contribution < -0.4 is 5.32 Å². The Labute approximate surface area is 129 Å². The summed E-state index contributed by atoms with van der Waals surface area (Å²) in [6, 6.07) is 8.41. The molecule has 1 N–H and O–H groups in total. The molecule has 1 aromatic carbocycles. The predicted molar refractivity (Wildman–Crippen MR) is 89.5 cm³/mol. The first-order valence-electron chi connectivity index (χ1n) is 7.77. The maximum Gasteiger partial charge on any atom is 0.193 e. The molecule has 0 aliphatic heterocycles. The SMILES string of the molecule is CCCCN(C)C(=NCc1cccc(COC)c1)NCC. The van der Waals surface area contributed by atoms with Crippen molar-refractivity contribution in [3.05, 3.63) is 35.4 Å². The standard InChI is InChI=1S/C17H29N3O/c1-5-7-11-20(3)17(18-6-2)19-13-15-9-8-10-16(12-15)14-21-4/h8-10,12H,5-7,11,13-14H2,1-4H3,(H,18,19). The van der Waals surface area contributed by atoms with Crippen molar-refractivity contribution >= 4 is 5.96 Å². The summed E-state index contributed by atoms with van der Waals surface area (Å²) in [5.74, 6) is 0.975. The van der Waals surface area contributed by atoms with Gasteiger partial charge in [-0.15, -0.1) is 0 Å². The van der Waals surface area contributed by atoms with Crippen LogP contribution in [0.1, 0.15) is 37.8 Å². The first-order valence-corrected chi connectivity index (χ1v) is 7.77. The zero-order valence-corrected chi connectivity index (χ0v) is 13.9. The second-order valence-electron chi connectivity index (χ2n) is 5.20. The minimum Gasteiger partial charge on any atom is -0.380 e. The number of benzene rings is 1. The predicted octanol–water partition coefficient (Wildman–Crippen LogP) is 3.03. The monoisotopic (exact) mass is 291 g/mol. The van der Waals surface area contributed by atoms with Gasteiger partial charge in [0, 0.05) is 27.2 Å². The van der Waals surface area contributed by atoms with Gasteiger partial charge in [-0.05, 0) is 24.5 Å². The van der Waals surface area contributed by atoms with E-state index in [0.717, 1.165) is 19.0 Å². The smallest absolute Gasteiger partial charge is 0.193 e. The molecular formula is C17H29N3O. The van der Waals surface area contributed by atoms with Crippen LogP contribution in [-0.2, 0) is 17.9 Å². The van der Waals surface area contributed by atoms with Crippen LogP contribution in [0.15, 0.2) is 29.3 Å². The summed E-state index contributed by atoms with van der Waals surface area (Å²) in [6.07, 6.45) is 2.38. The van der Waals surface area contributed by atoms with Crippen LogP contribution >= 0.6 is 0 Å². The number of ether oxygens (including phenoxy) is 1. The molecule has 21 heavy (non-hydrogen) atoms. The molecule has 0 radical (unpaired) electrons. The summed E-state index contributed by atoms with van der Waals surface area (Å²) in [4.78, 5) is 6.93. The fourth-order valence-corrected chi connectivity index (χ4v) is 2.12. The number of hydrogen-bond donors (Lipinski definition) is 1. The number of aliphatic imine (C=N–C) groups is 1. The molecule has 0 aliphatic rings. The van der Waals surface area contributed by atoms with Crippen LogP contribution in [0.2, 0.25) is 0 Å². The Morgan fingerprint density at radius 1 is 1.29 bits per heavy atom. The zero-order valence-electron chi connectivity index (χ0n) is 13.9. The fourth-order valence-electron chi connectivity index (χ4n) is 2.12. The largest absolute Gasteiger partial charge is 0.380 e. The van der Waals surface area contributed by atoms with E-state index >= 15 is 0 Å². The summed E-state index contributed by atoms with van der Waals surface area (Å²) in [5, 5.41) is 3.35. The van der Waals surface area contributed by atoms with Crippen molar-refractivity contribution in [3.8, 4) is 0 Å². The zero-order chi connectivity index (χ0) is 15.5. The summed E-state index contributed by atoms with van der Waals surface area (Å²) in [6.45, 7) is 7.57. The van der Waals surface area contributed by atoms with Gasteiger partial charge in [-0.1, -0.05) is 37.6 Å². The van der Waals surface area contributed by atoms with E-state index < -0.39 is 0 Å². The van der Waals surface area contributed by atoms with Gasteiger partial charge in [-0.2, -0.15) is 0 Å². The van der Waals surface area contributed by atoms with Crippen LogP contribution in [0.25, 0.3) is 0 Å². The van der Waals surface area contributed by atoms with Crippen LogP contribution in [0, 0.1) is 0 Å². The molecule has 0 fully saturated rings. The van der Waals surface area contributed by atoms with Crippen LogP contribution in [-0.4, -0.2) is 38.1 Å². The first-order chi connectivity index (χ1) is 10.2. The van der Waals surface area contributed by atoms with E-state index in [2.05, 4.69) is 55.4 Å². The van der Waals surface area contributed by atoms with Gasteiger partial charge in [0.1, 0.15) is 0 Å². The van der Waals surface area contributed by atoms with E-state index in [1.807, 2.05) is 0 Å². The Morgan fingerprint density at radius 2 is 2.05 bits per heavy atom. The highest BCUT2D eigenvalue weighted by molar-refractivity contribution is 5.79.